The second-order valence-electron chi connectivity index (χ2n) is 21.8. The lowest BCUT2D eigenvalue weighted by atomic mass is 9.95. The van der Waals surface area contributed by atoms with Crippen molar-refractivity contribution in [1.29, 1.82) is 0 Å². The van der Waals surface area contributed by atoms with E-state index in [4.69, 9.17) is 20.4 Å². The maximum Gasteiger partial charge on any atom is 0.321 e. The second kappa shape index (κ2) is 40.9. The number of aliphatic hydroxyl groups excluding tert-OH is 20. The first-order chi connectivity index (χ1) is 43.3. The minimum absolute atomic E-state index is 0.635. The molecule has 0 aromatic rings. The van der Waals surface area contributed by atoms with Crippen molar-refractivity contribution in [2.24, 2.45) is 0 Å². The van der Waals surface area contributed by atoms with Crippen molar-refractivity contribution in [2.75, 3.05) is 118 Å². The fourth-order valence-corrected chi connectivity index (χ4v) is 9.28. The molecule has 93 heavy (non-hydrogen) atoms. The zero-order chi connectivity index (χ0) is 71.5. The summed E-state index contributed by atoms with van der Waals surface area (Å²) in [6, 6.07) is -4.16. The molecule has 538 valence electrons. The lowest BCUT2D eigenvalue weighted by molar-refractivity contribution is -0.151. The topological polar surface area (TPSA) is 721 Å². The summed E-state index contributed by atoms with van der Waals surface area (Å²) >= 11 is 0. The van der Waals surface area contributed by atoms with E-state index in [2.05, 4.69) is 21.3 Å². The molecule has 1 saturated heterocycles. The van der Waals surface area contributed by atoms with E-state index in [-0.39, 0.29) is 0 Å². The van der Waals surface area contributed by atoms with Gasteiger partial charge in [0.15, 0.2) is 24.4 Å². The van der Waals surface area contributed by atoms with E-state index in [0.29, 0.717) is 0 Å². The number of nitrogens with zero attached hydrogens (tertiary/aromatic N) is 5. The van der Waals surface area contributed by atoms with Crippen molar-refractivity contribution in [3.05, 3.63) is 0 Å². The molecule has 0 aliphatic carbocycles. The molecule has 1 rings (SSSR count). The third kappa shape index (κ3) is 26.5. The summed E-state index contributed by atoms with van der Waals surface area (Å²) < 4.78 is 0. The van der Waals surface area contributed by atoms with Gasteiger partial charge in [0.2, 0.25) is 11.8 Å². The number of carbonyl (C=O) groups excluding carboxylic acids is 6. The number of nitrogens with one attached hydrogen (secondary N) is 4. The molecule has 43 heteroatoms. The number of carboxylic acid groups (broad SMARTS) is 4. The summed E-state index contributed by atoms with van der Waals surface area (Å²) in [5.41, 5.74) is -2.03. The van der Waals surface area contributed by atoms with Crippen LogP contribution in [0.2, 0.25) is 0 Å². The number of rotatable bonds is 45. The molecule has 0 aromatic heterocycles. The van der Waals surface area contributed by atoms with Crippen LogP contribution in [0.4, 0.5) is 0 Å². The second-order valence-corrected chi connectivity index (χ2v) is 21.8. The van der Waals surface area contributed by atoms with Crippen LogP contribution in [-0.4, -0.2) is 440 Å². The SMILES string of the molecule is CC1(N(CC(=O)O)CC(=O)O)CN(C(CC(=O)N(CCNC(=O)C(O)C(O)C(O)C(O)CO)CCNC(=O)C(O)C(O)C(O)C(O)CO)C(=O)O)CCN(C(CC(=O)N(CCNC(=O)C(O)C(O)C(O)C(O)CO)CCNC(=O)C(O)C(O)C(O)C(O)CO)C(=O)O)C1. The van der Waals surface area contributed by atoms with Gasteiger partial charge in [-0.05, 0) is 6.92 Å². The number of carboxylic acids is 4. The lowest BCUT2D eigenvalue weighted by Gasteiger charge is -2.44. The largest absolute Gasteiger partial charge is 0.480 e. The Morgan fingerprint density at radius 2 is 0.613 bits per heavy atom. The standard InChI is InChI=1S/C50H89N9O34/c1-50(59(14-30(70)71)15-31(72)73)20-57(22(48(90)91)12-28(68)55(6-2-51-44(86)40(82)36(78)32(74)24(64)16-60)7-3-52-45(87)41(83)37(79)33(75)25(65)17-61)10-11-58(21-50)23(49(92)93)13-29(69)56(8-4-53-46(88)42(84)38(80)34(76)26(66)18-62)9-5-54-47(89)43(85)39(81)35(77)27(67)19-63/h22-27,32-43,60-67,74-85H,2-21H2,1H3,(H,51,86)(H,52,87)(H,53,88)(H,54,89)(H,70,71)(H,72,73)(H,90,91)(H,92,93). The monoisotopic (exact) mass is 1360 g/mol. The van der Waals surface area contributed by atoms with Crippen LogP contribution in [0.15, 0.2) is 0 Å². The Morgan fingerprint density at radius 1 is 0.387 bits per heavy atom. The molecule has 6 amide bonds. The minimum atomic E-state index is -2.51. The molecule has 0 spiro atoms. The van der Waals surface area contributed by atoms with E-state index in [0.717, 1.165) is 24.5 Å². The first-order valence-electron chi connectivity index (χ1n) is 28.4. The molecule has 0 aromatic carbocycles. The Morgan fingerprint density at radius 3 is 0.806 bits per heavy atom. The van der Waals surface area contributed by atoms with Crippen LogP contribution in [-0.2, 0) is 47.9 Å². The number of hydrogen-bond acceptors (Lipinski definition) is 33. The summed E-state index contributed by atoms with van der Waals surface area (Å²) in [5, 5.41) is 247. The Labute approximate surface area is 527 Å². The van der Waals surface area contributed by atoms with E-state index in [1.807, 2.05) is 0 Å². The van der Waals surface area contributed by atoms with Crippen molar-refractivity contribution >= 4 is 59.3 Å². The molecule has 43 nitrogen and oxygen atoms in total. The summed E-state index contributed by atoms with van der Waals surface area (Å²) in [6.45, 7) is -14.1. The number of aliphatic carboxylic acids is 4. The summed E-state index contributed by atoms with van der Waals surface area (Å²) in [4.78, 5) is 136. The molecule has 1 aliphatic heterocycles. The van der Waals surface area contributed by atoms with Crippen molar-refractivity contribution < 1.29 is 171 Å². The number of amides is 6. The van der Waals surface area contributed by atoms with E-state index in [1.54, 1.807) is 0 Å². The van der Waals surface area contributed by atoms with Crippen LogP contribution >= 0.6 is 0 Å². The summed E-state index contributed by atoms with van der Waals surface area (Å²) in [7, 11) is 0. The number of aliphatic hydroxyl groups is 20. The molecule has 28 N–H and O–H groups in total. The molecular formula is C50H89N9O34. The number of hydrogen-bond donors (Lipinski definition) is 28. The molecule has 1 fully saturated rings. The van der Waals surface area contributed by atoms with Crippen LogP contribution in [0.3, 0.4) is 0 Å². The fraction of sp³-hybridized carbons (Fsp3) is 0.800. The minimum Gasteiger partial charge on any atom is -0.480 e. The molecular weight excluding hydrogens is 1270 g/mol. The van der Waals surface area contributed by atoms with Gasteiger partial charge in [-0.2, -0.15) is 0 Å². The normalized spacial score (nSPS) is 20.7. The third-order valence-corrected chi connectivity index (χ3v) is 14.9. The highest BCUT2D eigenvalue weighted by Crippen LogP contribution is 2.27. The van der Waals surface area contributed by atoms with Gasteiger partial charge in [-0.3, -0.25) is 62.6 Å². The van der Waals surface area contributed by atoms with Crippen molar-refractivity contribution in [3.8, 4) is 0 Å². The summed E-state index contributed by atoms with van der Waals surface area (Å²) in [6.07, 6.45) is -39.3. The van der Waals surface area contributed by atoms with Crippen LogP contribution < -0.4 is 21.3 Å². The molecule has 0 saturated carbocycles. The molecule has 1 aliphatic rings. The molecule has 1 heterocycles. The first-order valence-corrected chi connectivity index (χ1v) is 28.4. The first kappa shape index (κ1) is 84.8. The van der Waals surface area contributed by atoms with Gasteiger partial charge in [-0.25, -0.2) is 0 Å². The van der Waals surface area contributed by atoms with Gasteiger partial charge in [0.25, 0.3) is 23.6 Å². The molecule has 18 unspecified atom stereocenters. The highest BCUT2D eigenvalue weighted by Gasteiger charge is 2.47. The molecule has 0 bridgehead atoms. The number of carbonyl (C=O) groups is 10. The Bertz CT molecular complexity index is 2160. The molecule has 0 radical (unpaired) electrons. The van der Waals surface area contributed by atoms with Gasteiger partial charge in [0, 0.05) is 84.1 Å². The Hall–Kier alpha value is -6.22. The quantitative estimate of drug-likeness (QED) is 0.0269. The fourth-order valence-electron chi connectivity index (χ4n) is 9.28. The average molecular weight is 1360 g/mol. The van der Waals surface area contributed by atoms with Gasteiger partial charge >= 0.3 is 23.9 Å². The van der Waals surface area contributed by atoms with E-state index in [9.17, 15) is 150 Å². The highest BCUT2D eigenvalue weighted by atomic mass is 16.4. The molecule has 18 atom stereocenters. The summed E-state index contributed by atoms with van der Waals surface area (Å²) in [5.74, 6) is -15.2. The van der Waals surface area contributed by atoms with Crippen molar-refractivity contribution in [3.63, 3.8) is 0 Å². The van der Waals surface area contributed by atoms with Crippen LogP contribution in [0.1, 0.15) is 19.8 Å². The smallest absolute Gasteiger partial charge is 0.321 e. The van der Waals surface area contributed by atoms with Crippen LogP contribution in [0.25, 0.3) is 0 Å². The zero-order valence-corrected chi connectivity index (χ0v) is 50.1. The van der Waals surface area contributed by atoms with Crippen molar-refractivity contribution in [1.82, 2.24) is 45.8 Å². The van der Waals surface area contributed by atoms with Crippen LogP contribution in [0, 0.1) is 0 Å². The van der Waals surface area contributed by atoms with Gasteiger partial charge in [0.05, 0.1) is 52.4 Å². The maximum absolute atomic E-state index is 14.3. The van der Waals surface area contributed by atoms with E-state index in [1.165, 1.54) is 6.92 Å². The predicted octanol–water partition coefficient (Wildman–Crippen LogP) is -18.6. The van der Waals surface area contributed by atoms with Gasteiger partial charge in [-0.1, -0.05) is 0 Å². The third-order valence-electron chi connectivity index (χ3n) is 14.9. The van der Waals surface area contributed by atoms with Gasteiger partial charge in [0.1, 0.15) is 85.3 Å². The zero-order valence-electron chi connectivity index (χ0n) is 50.1. The van der Waals surface area contributed by atoms with Crippen molar-refractivity contribution in [2.45, 2.75) is 135 Å². The Kier molecular flexibility index (Phi) is 37.3. The highest BCUT2D eigenvalue weighted by molar-refractivity contribution is 5.87. The van der Waals surface area contributed by atoms with E-state index < -0.39 is 306 Å². The average Bonchev–Trinajstić information content (AvgIpc) is 1.75. The lowest BCUT2D eigenvalue weighted by Crippen LogP contribution is -2.62. The predicted molar refractivity (Wildman–Crippen MR) is 300 cm³/mol. The Balaban J connectivity index is 3.89. The van der Waals surface area contributed by atoms with Crippen LogP contribution in [0.5, 0.6) is 0 Å². The van der Waals surface area contributed by atoms with E-state index >= 15 is 0 Å². The van der Waals surface area contributed by atoms with Gasteiger partial charge in [-0.15, -0.1) is 0 Å². The maximum atomic E-state index is 14.3. The van der Waals surface area contributed by atoms with Gasteiger partial charge < -0.3 is 154 Å².